The van der Waals surface area contributed by atoms with Crippen LogP contribution in [0.4, 0.5) is 0 Å². The molecule has 3 nitrogen and oxygen atoms in total. The van der Waals surface area contributed by atoms with Gasteiger partial charge in [-0.2, -0.15) is 0 Å². The molecular formula is C17H28N2O. The van der Waals surface area contributed by atoms with Crippen molar-refractivity contribution in [3.05, 3.63) is 29.3 Å². The number of benzene rings is 1. The first-order chi connectivity index (χ1) is 9.65. The van der Waals surface area contributed by atoms with Gasteiger partial charge in [0.05, 0.1) is 0 Å². The van der Waals surface area contributed by atoms with Crippen LogP contribution in [0.5, 0.6) is 5.75 Å². The van der Waals surface area contributed by atoms with Gasteiger partial charge in [-0.3, -0.25) is 0 Å². The van der Waals surface area contributed by atoms with Gasteiger partial charge in [0.15, 0.2) is 0 Å². The minimum absolute atomic E-state index is 0.396. The van der Waals surface area contributed by atoms with E-state index in [4.69, 9.17) is 0 Å². The van der Waals surface area contributed by atoms with E-state index < -0.39 is 0 Å². The zero-order valence-electron chi connectivity index (χ0n) is 12.9. The summed E-state index contributed by atoms with van der Waals surface area (Å²) in [5.74, 6) is 1.31. The maximum Gasteiger partial charge on any atom is 0.120 e. The fraction of sp³-hybridized carbons (Fsp3) is 0.647. The molecule has 1 fully saturated rings. The van der Waals surface area contributed by atoms with Crippen LogP contribution < -0.4 is 5.32 Å². The zero-order chi connectivity index (χ0) is 14.4. The highest BCUT2D eigenvalue weighted by molar-refractivity contribution is 5.35. The van der Waals surface area contributed by atoms with E-state index in [1.165, 1.54) is 44.5 Å². The first kappa shape index (κ1) is 15.3. The molecule has 1 heterocycles. The van der Waals surface area contributed by atoms with E-state index in [9.17, 15) is 5.11 Å². The van der Waals surface area contributed by atoms with Gasteiger partial charge >= 0.3 is 0 Å². The molecule has 0 spiro atoms. The van der Waals surface area contributed by atoms with E-state index in [2.05, 4.69) is 24.1 Å². The van der Waals surface area contributed by atoms with Crippen molar-refractivity contribution in [1.82, 2.24) is 10.2 Å². The molecule has 1 saturated heterocycles. The lowest BCUT2D eigenvalue weighted by Gasteiger charge is -2.30. The van der Waals surface area contributed by atoms with Crippen molar-refractivity contribution in [2.45, 2.75) is 39.7 Å². The number of hydrogen-bond donors (Lipinski definition) is 2. The van der Waals surface area contributed by atoms with Crippen LogP contribution >= 0.6 is 0 Å². The van der Waals surface area contributed by atoms with Crippen molar-refractivity contribution in [3.8, 4) is 5.75 Å². The monoisotopic (exact) mass is 276 g/mol. The van der Waals surface area contributed by atoms with Crippen LogP contribution in [0.1, 0.15) is 37.3 Å². The van der Waals surface area contributed by atoms with E-state index >= 15 is 0 Å². The van der Waals surface area contributed by atoms with Gasteiger partial charge in [-0.15, -0.1) is 0 Å². The Bertz CT molecular complexity index is 411. The van der Waals surface area contributed by atoms with Crippen LogP contribution in [-0.2, 0) is 6.54 Å². The van der Waals surface area contributed by atoms with Gasteiger partial charge in [0.25, 0.3) is 0 Å². The van der Waals surface area contributed by atoms with E-state index in [1.807, 2.05) is 12.1 Å². The first-order valence-electron chi connectivity index (χ1n) is 7.86. The Morgan fingerprint density at radius 2 is 2.05 bits per heavy atom. The fourth-order valence-electron chi connectivity index (χ4n) is 2.79. The smallest absolute Gasteiger partial charge is 0.120 e. The normalized spacial score (nSPS) is 17.5. The number of likely N-dealkylation sites (tertiary alicyclic amines) is 1. The van der Waals surface area contributed by atoms with Crippen molar-refractivity contribution in [2.75, 3.05) is 26.2 Å². The molecule has 2 N–H and O–H groups in total. The van der Waals surface area contributed by atoms with Gasteiger partial charge < -0.3 is 15.3 Å². The van der Waals surface area contributed by atoms with Crippen LogP contribution in [0.15, 0.2) is 18.2 Å². The molecule has 3 heteroatoms. The van der Waals surface area contributed by atoms with E-state index in [0.29, 0.717) is 5.75 Å². The summed E-state index contributed by atoms with van der Waals surface area (Å²) in [6, 6.07) is 5.77. The van der Waals surface area contributed by atoms with E-state index in [0.717, 1.165) is 24.6 Å². The van der Waals surface area contributed by atoms with Crippen molar-refractivity contribution < 1.29 is 5.11 Å². The Hall–Kier alpha value is -1.06. The third kappa shape index (κ3) is 4.80. The molecule has 0 aliphatic carbocycles. The summed E-state index contributed by atoms with van der Waals surface area (Å²) < 4.78 is 0. The summed E-state index contributed by atoms with van der Waals surface area (Å²) in [4.78, 5) is 2.58. The minimum Gasteiger partial charge on any atom is -0.508 e. The van der Waals surface area contributed by atoms with Gasteiger partial charge in [0, 0.05) is 12.1 Å². The first-order valence-corrected chi connectivity index (χ1v) is 7.86. The highest BCUT2D eigenvalue weighted by Gasteiger charge is 2.14. The minimum atomic E-state index is 0.396. The molecule has 0 aromatic heterocycles. The predicted octanol–water partition coefficient (Wildman–Crippen LogP) is 2.91. The second kappa shape index (κ2) is 7.65. The largest absolute Gasteiger partial charge is 0.508 e. The number of hydrogen-bond acceptors (Lipinski definition) is 3. The Morgan fingerprint density at radius 3 is 2.80 bits per heavy atom. The van der Waals surface area contributed by atoms with E-state index in [-0.39, 0.29) is 0 Å². The molecule has 1 aliphatic heterocycles. The summed E-state index contributed by atoms with van der Waals surface area (Å²) in [6.45, 7) is 9.90. The van der Waals surface area contributed by atoms with Crippen molar-refractivity contribution in [2.24, 2.45) is 5.92 Å². The highest BCUT2D eigenvalue weighted by Crippen LogP contribution is 2.18. The van der Waals surface area contributed by atoms with Crippen LogP contribution in [0.3, 0.4) is 0 Å². The van der Waals surface area contributed by atoms with Crippen LogP contribution in [0.25, 0.3) is 0 Å². The third-order valence-electron chi connectivity index (χ3n) is 4.25. The summed E-state index contributed by atoms with van der Waals surface area (Å²) in [6.07, 6.45) is 3.89. The van der Waals surface area contributed by atoms with E-state index in [1.54, 1.807) is 6.07 Å². The molecule has 0 unspecified atom stereocenters. The lowest BCUT2D eigenvalue weighted by molar-refractivity contribution is 0.190. The summed E-state index contributed by atoms with van der Waals surface area (Å²) in [5, 5.41) is 13.2. The number of nitrogens with zero attached hydrogens (tertiary/aromatic N) is 1. The predicted molar refractivity (Wildman–Crippen MR) is 84.0 cm³/mol. The van der Waals surface area contributed by atoms with Gasteiger partial charge in [-0.25, -0.2) is 0 Å². The van der Waals surface area contributed by atoms with Crippen LogP contribution in [0, 0.1) is 12.8 Å². The number of piperidine rings is 1. The standard InChI is InChI=1S/C17H28N2O/c1-14-6-10-19(11-7-14)9-3-8-18-13-16-12-15(2)4-5-17(16)20/h4-5,12,14,18,20H,3,6-11,13H2,1-2H3. The van der Waals surface area contributed by atoms with Gasteiger partial charge in [-0.05, 0) is 64.3 Å². The number of phenolic OH excluding ortho intramolecular Hbond substituents is 1. The molecule has 112 valence electrons. The Labute approximate surface area is 123 Å². The molecule has 1 aliphatic rings. The van der Waals surface area contributed by atoms with Crippen LogP contribution in [0.2, 0.25) is 0 Å². The maximum absolute atomic E-state index is 9.77. The van der Waals surface area contributed by atoms with Crippen molar-refractivity contribution >= 4 is 0 Å². The highest BCUT2D eigenvalue weighted by atomic mass is 16.3. The molecule has 0 bridgehead atoms. The molecule has 0 amide bonds. The van der Waals surface area contributed by atoms with Gasteiger partial charge in [-0.1, -0.05) is 24.6 Å². The number of aromatic hydroxyl groups is 1. The molecule has 2 rings (SSSR count). The third-order valence-corrected chi connectivity index (χ3v) is 4.25. The van der Waals surface area contributed by atoms with Crippen LogP contribution in [-0.4, -0.2) is 36.2 Å². The topological polar surface area (TPSA) is 35.5 Å². The van der Waals surface area contributed by atoms with Crippen molar-refractivity contribution in [3.63, 3.8) is 0 Å². The Kier molecular flexibility index (Phi) is 5.86. The molecule has 1 aromatic rings. The lowest BCUT2D eigenvalue weighted by atomic mass is 9.99. The second-order valence-electron chi connectivity index (χ2n) is 6.19. The maximum atomic E-state index is 9.77. The molecule has 0 radical (unpaired) electrons. The molecule has 0 atom stereocenters. The molecule has 20 heavy (non-hydrogen) atoms. The number of rotatable bonds is 6. The Morgan fingerprint density at radius 1 is 1.30 bits per heavy atom. The summed E-state index contributed by atoms with van der Waals surface area (Å²) in [7, 11) is 0. The number of phenols is 1. The van der Waals surface area contributed by atoms with Gasteiger partial charge in [0.1, 0.15) is 5.75 Å². The fourth-order valence-corrected chi connectivity index (χ4v) is 2.79. The number of aryl methyl sites for hydroxylation is 1. The molecule has 0 saturated carbocycles. The summed E-state index contributed by atoms with van der Waals surface area (Å²) >= 11 is 0. The molecular weight excluding hydrogens is 248 g/mol. The Balaban J connectivity index is 1.61. The summed E-state index contributed by atoms with van der Waals surface area (Å²) in [5.41, 5.74) is 2.19. The quantitative estimate of drug-likeness (QED) is 0.784. The zero-order valence-corrected chi connectivity index (χ0v) is 12.9. The number of nitrogens with one attached hydrogen (secondary N) is 1. The second-order valence-corrected chi connectivity index (χ2v) is 6.19. The SMILES string of the molecule is Cc1ccc(O)c(CNCCCN2CCC(C)CC2)c1. The van der Waals surface area contributed by atoms with Gasteiger partial charge in [0.2, 0.25) is 0 Å². The average Bonchev–Trinajstić information content (AvgIpc) is 2.44. The lowest BCUT2D eigenvalue weighted by Crippen LogP contribution is -2.34. The van der Waals surface area contributed by atoms with Crippen molar-refractivity contribution in [1.29, 1.82) is 0 Å². The molecule has 1 aromatic carbocycles. The average molecular weight is 276 g/mol.